The molecule has 0 heteroatoms. The summed E-state index contributed by atoms with van der Waals surface area (Å²) < 4.78 is 0. The molecule has 0 nitrogen and oxygen atoms in total. The molecule has 2 aromatic rings. The van der Waals surface area contributed by atoms with E-state index in [0.717, 1.165) is 19.3 Å². The predicted molar refractivity (Wildman–Crippen MR) is 83.2 cm³/mol. The van der Waals surface area contributed by atoms with Crippen LogP contribution in [0.25, 0.3) is 0 Å². The minimum Gasteiger partial charge on any atom is -0.0995 e. The lowest BCUT2D eigenvalue weighted by Crippen LogP contribution is -2.02. The molecule has 0 aromatic heterocycles. The van der Waals surface area contributed by atoms with Crippen molar-refractivity contribution in [1.82, 2.24) is 0 Å². The minimum atomic E-state index is 0.651. The van der Waals surface area contributed by atoms with Gasteiger partial charge in [0.05, 0.1) is 0 Å². The summed E-state index contributed by atoms with van der Waals surface area (Å²) in [5.74, 6) is 0.651. The second kappa shape index (κ2) is 6.94. The van der Waals surface area contributed by atoms with Crippen molar-refractivity contribution in [3.05, 3.63) is 83.9 Å². The summed E-state index contributed by atoms with van der Waals surface area (Å²) in [6.45, 7) is 6.54. The molecule has 0 N–H and O–H groups in total. The van der Waals surface area contributed by atoms with E-state index in [1.54, 1.807) is 0 Å². The first-order valence-electron chi connectivity index (χ1n) is 6.98. The van der Waals surface area contributed by atoms with E-state index in [9.17, 15) is 0 Å². The van der Waals surface area contributed by atoms with Crippen LogP contribution in [0.4, 0.5) is 0 Å². The van der Waals surface area contributed by atoms with Gasteiger partial charge in [-0.15, -0.1) is 0 Å². The SMILES string of the molecule is C=C(Cc1ccccc1)CC(C)Cc1ccccc1. The van der Waals surface area contributed by atoms with Gasteiger partial charge in [-0.3, -0.25) is 0 Å². The van der Waals surface area contributed by atoms with Gasteiger partial charge in [-0.05, 0) is 36.3 Å². The Bertz CT molecular complexity index is 496. The quantitative estimate of drug-likeness (QED) is 0.629. The van der Waals surface area contributed by atoms with Crippen LogP contribution in [0, 0.1) is 5.92 Å². The summed E-state index contributed by atoms with van der Waals surface area (Å²) in [5, 5.41) is 0. The topological polar surface area (TPSA) is 0 Å². The van der Waals surface area contributed by atoms with E-state index in [1.807, 2.05) is 0 Å². The number of benzene rings is 2. The zero-order chi connectivity index (χ0) is 13.5. The van der Waals surface area contributed by atoms with E-state index < -0.39 is 0 Å². The molecule has 0 amide bonds. The molecule has 2 rings (SSSR count). The highest BCUT2D eigenvalue weighted by atomic mass is 14.1. The molecule has 0 spiro atoms. The molecule has 0 aliphatic carbocycles. The van der Waals surface area contributed by atoms with E-state index in [0.29, 0.717) is 5.92 Å². The summed E-state index contributed by atoms with van der Waals surface area (Å²) >= 11 is 0. The lowest BCUT2D eigenvalue weighted by atomic mass is 9.92. The van der Waals surface area contributed by atoms with Gasteiger partial charge in [0.2, 0.25) is 0 Å². The van der Waals surface area contributed by atoms with Gasteiger partial charge in [0.15, 0.2) is 0 Å². The van der Waals surface area contributed by atoms with Gasteiger partial charge < -0.3 is 0 Å². The Balaban J connectivity index is 1.82. The van der Waals surface area contributed by atoms with Crippen molar-refractivity contribution < 1.29 is 0 Å². The molecular formula is C19H22. The molecule has 0 fully saturated rings. The summed E-state index contributed by atoms with van der Waals surface area (Å²) in [7, 11) is 0. The highest BCUT2D eigenvalue weighted by Gasteiger charge is 2.06. The van der Waals surface area contributed by atoms with Gasteiger partial charge in [-0.1, -0.05) is 79.7 Å². The molecule has 2 aromatic carbocycles. The van der Waals surface area contributed by atoms with E-state index >= 15 is 0 Å². The van der Waals surface area contributed by atoms with Crippen LogP contribution in [0.2, 0.25) is 0 Å². The minimum absolute atomic E-state index is 0.651. The molecule has 0 saturated heterocycles. The third-order valence-electron chi connectivity index (χ3n) is 3.36. The Kier molecular flexibility index (Phi) is 4.97. The van der Waals surface area contributed by atoms with Crippen molar-refractivity contribution in [2.45, 2.75) is 26.2 Å². The van der Waals surface area contributed by atoms with Crippen LogP contribution in [-0.4, -0.2) is 0 Å². The fraction of sp³-hybridized carbons (Fsp3) is 0.263. The highest BCUT2D eigenvalue weighted by molar-refractivity contribution is 5.21. The smallest absolute Gasteiger partial charge is 0.00697 e. The molecule has 0 aliphatic heterocycles. The van der Waals surface area contributed by atoms with E-state index in [4.69, 9.17) is 0 Å². The number of hydrogen-bond acceptors (Lipinski definition) is 0. The second-order valence-corrected chi connectivity index (χ2v) is 5.41. The van der Waals surface area contributed by atoms with Gasteiger partial charge in [0.25, 0.3) is 0 Å². The second-order valence-electron chi connectivity index (χ2n) is 5.41. The molecular weight excluding hydrogens is 228 g/mol. The Morgan fingerprint density at radius 2 is 1.42 bits per heavy atom. The van der Waals surface area contributed by atoms with Crippen molar-refractivity contribution in [3.63, 3.8) is 0 Å². The zero-order valence-electron chi connectivity index (χ0n) is 11.7. The fourth-order valence-electron chi connectivity index (χ4n) is 2.54. The first-order chi connectivity index (χ1) is 9.24. The third kappa shape index (κ3) is 4.75. The van der Waals surface area contributed by atoms with Gasteiger partial charge in [0, 0.05) is 0 Å². The Morgan fingerprint density at radius 1 is 0.895 bits per heavy atom. The van der Waals surface area contributed by atoms with Crippen molar-refractivity contribution in [2.75, 3.05) is 0 Å². The van der Waals surface area contributed by atoms with Crippen LogP contribution in [-0.2, 0) is 12.8 Å². The Labute approximate surface area is 116 Å². The van der Waals surface area contributed by atoms with Crippen LogP contribution in [0.15, 0.2) is 72.8 Å². The third-order valence-corrected chi connectivity index (χ3v) is 3.36. The van der Waals surface area contributed by atoms with E-state index in [2.05, 4.69) is 74.2 Å². The van der Waals surface area contributed by atoms with E-state index in [-0.39, 0.29) is 0 Å². The van der Waals surface area contributed by atoms with Gasteiger partial charge >= 0.3 is 0 Å². The summed E-state index contributed by atoms with van der Waals surface area (Å²) in [4.78, 5) is 0. The fourth-order valence-corrected chi connectivity index (χ4v) is 2.54. The summed E-state index contributed by atoms with van der Waals surface area (Å²) in [6, 6.07) is 21.3. The normalized spacial score (nSPS) is 12.1. The van der Waals surface area contributed by atoms with Gasteiger partial charge in [0.1, 0.15) is 0 Å². The van der Waals surface area contributed by atoms with Crippen LogP contribution in [0.5, 0.6) is 0 Å². The molecule has 0 saturated carbocycles. The number of rotatable bonds is 6. The number of allylic oxidation sites excluding steroid dienone is 1. The Hall–Kier alpha value is -1.82. The monoisotopic (exact) mass is 250 g/mol. The first-order valence-corrected chi connectivity index (χ1v) is 6.98. The lowest BCUT2D eigenvalue weighted by Gasteiger charge is -2.13. The molecule has 0 bridgehead atoms. The predicted octanol–water partition coefficient (Wildman–Crippen LogP) is 5.05. The molecule has 0 aliphatic rings. The van der Waals surface area contributed by atoms with Crippen molar-refractivity contribution >= 4 is 0 Å². The zero-order valence-corrected chi connectivity index (χ0v) is 11.7. The summed E-state index contributed by atoms with van der Waals surface area (Å²) in [5.41, 5.74) is 4.11. The van der Waals surface area contributed by atoms with Crippen molar-refractivity contribution in [1.29, 1.82) is 0 Å². The molecule has 19 heavy (non-hydrogen) atoms. The van der Waals surface area contributed by atoms with Crippen LogP contribution < -0.4 is 0 Å². The molecule has 0 radical (unpaired) electrons. The molecule has 98 valence electrons. The lowest BCUT2D eigenvalue weighted by molar-refractivity contribution is 0.569. The van der Waals surface area contributed by atoms with Gasteiger partial charge in [-0.2, -0.15) is 0 Å². The standard InChI is InChI=1S/C19H22/c1-16(14-18-9-5-3-6-10-18)13-17(2)15-19-11-7-4-8-12-19/h3-12,17H,1,13-15H2,2H3. The highest BCUT2D eigenvalue weighted by Crippen LogP contribution is 2.18. The average molecular weight is 250 g/mol. The van der Waals surface area contributed by atoms with Crippen LogP contribution in [0.3, 0.4) is 0 Å². The molecule has 1 atom stereocenters. The van der Waals surface area contributed by atoms with E-state index in [1.165, 1.54) is 16.7 Å². The summed E-state index contributed by atoms with van der Waals surface area (Å²) in [6.07, 6.45) is 3.23. The maximum absolute atomic E-state index is 4.23. The van der Waals surface area contributed by atoms with Crippen molar-refractivity contribution in [2.24, 2.45) is 5.92 Å². The van der Waals surface area contributed by atoms with Gasteiger partial charge in [-0.25, -0.2) is 0 Å². The first kappa shape index (κ1) is 13.6. The van der Waals surface area contributed by atoms with Crippen LogP contribution >= 0.6 is 0 Å². The maximum atomic E-state index is 4.23. The van der Waals surface area contributed by atoms with Crippen molar-refractivity contribution in [3.8, 4) is 0 Å². The molecule has 1 unspecified atom stereocenters. The maximum Gasteiger partial charge on any atom is -0.00697 e. The average Bonchev–Trinajstić information content (AvgIpc) is 2.40. The molecule has 0 heterocycles. The van der Waals surface area contributed by atoms with Crippen LogP contribution in [0.1, 0.15) is 24.5 Å². The number of hydrogen-bond donors (Lipinski definition) is 0. The Morgan fingerprint density at radius 3 is 2.00 bits per heavy atom. The largest absolute Gasteiger partial charge is 0.0995 e.